The summed E-state index contributed by atoms with van der Waals surface area (Å²) in [6.07, 6.45) is 0. The molecule has 0 aliphatic heterocycles. The van der Waals surface area contributed by atoms with Gasteiger partial charge in [-0.3, -0.25) is 8.80 Å². The third-order valence-corrected chi connectivity index (χ3v) is 18.5. The van der Waals surface area contributed by atoms with Crippen LogP contribution in [0.5, 0.6) is 0 Å². The Kier molecular flexibility index (Phi) is 8.03. The second kappa shape index (κ2) is 14.1. The first-order valence-electron chi connectivity index (χ1n) is 21.3. The molecule has 0 aliphatic rings. The van der Waals surface area contributed by atoms with Gasteiger partial charge in [0.1, 0.15) is 0 Å². The van der Waals surface area contributed by atoms with E-state index in [9.17, 15) is 0 Å². The van der Waals surface area contributed by atoms with Crippen molar-refractivity contribution in [3.05, 3.63) is 224 Å². The van der Waals surface area contributed by atoms with Gasteiger partial charge in [0.2, 0.25) is 0 Å². The minimum Gasteiger partial charge on any atom is -0.309 e. The molecular formula is C56H37N5SSi. The van der Waals surface area contributed by atoms with Gasteiger partial charge in [-0.25, -0.2) is 9.97 Å². The molecule has 13 aromatic rings. The molecule has 0 atom stereocenters. The Morgan fingerprint density at radius 1 is 0.333 bits per heavy atom. The topological polar surface area (TPSA) is 39.5 Å². The number of hydrogen-bond acceptors (Lipinski definition) is 3. The Hall–Kier alpha value is -7.84. The maximum atomic E-state index is 5.21. The summed E-state index contributed by atoms with van der Waals surface area (Å²) in [5.74, 6) is 0. The average Bonchev–Trinajstić information content (AvgIpc) is 3.99. The molecule has 0 saturated carbocycles. The molecule has 0 saturated heterocycles. The van der Waals surface area contributed by atoms with Crippen molar-refractivity contribution in [2.75, 3.05) is 0 Å². The molecule has 4 aromatic heterocycles. The lowest BCUT2D eigenvalue weighted by Gasteiger charge is -2.35. The van der Waals surface area contributed by atoms with Gasteiger partial charge < -0.3 is 4.57 Å². The number of benzene rings is 9. The number of aromatic nitrogens is 5. The van der Waals surface area contributed by atoms with Crippen LogP contribution in [0.4, 0.5) is 0 Å². The van der Waals surface area contributed by atoms with Gasteiger partial charge in [-0.1, -0.05) is 175 Å². The molecule has 296 valence electrons. The summed E-state index contributed by atoms with van der Waals surface area (Å²) in [6.45, 7) is 0. The van der Waals surface area contributed by atoms with Crippen molar-refractivity contribution in [3.63, 3.8) is 0 Å². The summed E-state index contributed by atoms with van der Waals surface area (Å²) in [4.78, 5) is 12.2. The van der Waals surface area contributed by atoms with E-state index in [-0.39, 0.29) is 0 Å². The average molecular weight is 840 g/mol. The molecule has 0 radical (unpaired) electrons. The van der Waals surface area contributed by atoms with Crippen LogP contribution >= 0.6 is 11.3 Å². The van der Waals surface area contributed by atoms with E-state index >= 15 is 0 Å². The predicted molar refractivity (Wildman–Crippen MR) is 267 cm³/mol. The fourth-order valence-electron chi connectivity index (χ4n) is 10.2. The summed E-state index contributed by atoms with van der Waals surface area (Å²) in [7, 11) is -2.98. The molecule has 0 fully saturated rings. The zero-order valence-electron chi connectivity index (χ0n) is 34.0. The number of imidazole rings is 2. The van der Waals surface area contributed by atoms with Crippen molar-refractivity contribution in [3.8, 4) is 16.8 Å². The maximum Gasteiger partial charge on any atom is 0.198 e. The van der Waals surface area contributed by atoms with Crippen LogP contribution in [0.25, 0.3) is 81.6 Å². The first-order chi connectivity index (χ1) is 31.2. The number of rotatable bonds is 6. The van der Waals surface area contributed by atoms with Gasteiger partial charge >= 0.3 is 0 Å². The summed E-state index contributed by atoms with van der Waals surface area (Å²) >= 11 is 1.62. The Bertz CT molecular complexity index is 3770. The number of para-hydroxylation sites is 6. The Morgan fingerprint density at radius 3 is 1.33 bits per heavy atom. The lowest BCUT2D eigenvalue weighted by molar-refractivity contribution is 1.18. The molecular weight excluding hydrogens is 803 g/mol. The monoisotopic (exact) mass is 839 g/mol. The molecule has 63 heavy (non-hydrogen) atoms. The standard InChI is InChI=1S/C56H37N5SSi/c1-4-18-41(19-5-1)63(42-20-6-2-7-21-42,43-22-8-3-9-23-43)44-35-39(34-40(37-44)59-49-28-14-10-24-45(49)46-25-11-15-29-50(46)59)38-32-33-53-54(36-38)61-52-31-17-13-27-48(52)58-56(61)62-55-57-47-26-12-16-30-51(47)60(53)55/h1-37H. The zero-order valence-corrected chi connectivity index (χ0v) is 35.8. The fourth-order valence-corrected chi connectivity index (χ4v) is 16.0. The third kappa shape index (κ3) is 5.40. The quantitative estimate of drug-likeness (QED) is 0.124. The van der Waals surface area contributed by atoms with Crippen LogP contribution in [-0.4, -0.2) is 31.4 Å². The van der Waals surface area contributed by atoms with E-state index in [1.807, 2.05) is 0 Å². The highest BCUT2D eigenvalue weighted by atomic mass is 32.1. The molecule has 9 aromatic carbocycles. The molecule has 13 rings (SSSR count). The SMILES string of the molecule is c1ccc([Si](c2ccccc2)(c2ccccc2)c2cc(-c3ccc4c(c3)n3c(nc5ccccc53)sc3nc5ccccc5n34)cc(-n3c4ccccc4c4ccccc43)c2)cc1. The molecule has 0 unspecified atom stereocenters. The van der Waals surface area contributed by atoms with Gasteiger partial charge in [0.25, 0.3) is 0 Å². The lowest BCUT2D eigenvalue weighted by atomic mass is 10.0. The molecule has 4 heterocycles. The van der Waals surface area contributed by atoms with Crippen molar-refractivity contribution in [2.24, 2.45) is 0 Å². The van der Waals surface area contributed by atoms with Crippen LogP contribution in [0, 0.1) is 0 Å². The number of nitrogens with zero attached hydrogens (tertiary/aromatic N) is 5. The fraction of sp³-hybridized carbons (Fsp3) is 0. The van der Waals surface area contributed by atoms with Gasteiger partial charge in [0.15, 0.2) is 18.0 Å². The first kappa shape index (κ1) is 35.9. The maximum absolute atomic E-state index is 5.21. The molecule has 5 nitrogen and oxygen atoms in total. The molecule has 0 bridgehead atoms. The second-order valence-corrected chi connectivity index (χ2v) is 21.0. The van der Waals surface area contributed by atoms with Gasteiger partial charge in [0, 0.05) is 16.5 Å². The van der Waals surface area contributed by atoms with Crippen LogP contribution < -0.4 is 20.7 Å². The van der Waals surface area contributed by atoms with Crippen molar-refractivity contribution < 1.29 is 0 Å². The highest BCUT2D eigenvalue weighted by Gasteiger charge is 2.42. The summed E-state index contributed by atoms with van der Waals surface area (Å²) in [5.41, 5.74) is 11.9. The van der Waals surface area contributed by atoms with Gasteiger partial charge in [-0.15, -0.1) is 0 Å². The minimum atomic E-state index is -2.98. The summed E-state index contributed by atoms with van der Waals surface area (Å²) in [5, 5.41) is 7.79. The van der Waals surface area contributed by atoms with E-state index in [4.69, 9.17) is 9.97 Å². The largest absolute Gasteiger partial charge is 0.309 e. The van der Waals surface area contributed by atoms with Gasteiger partial charge in [0.05, 0.1) is 44.1 Å². The molecule has 7 heteroatoms. The smallest absolute Gasteiger partial charge is 0.198 e. The van der Waals surface area contributed by atoms with Crippen molar-refractivity contribution >= 4 is 105 Å². The third-order valence-electron chi connectivity index (χ3n) is 12.8. The molecule has 0 amide bonds. The Labute approximate surface area is 367 Å². The van der Waals surface area contributed by atoms with Crippen molar-refractivity contribution in [1.29, 1.82) is 0 Å². The minimum absolute atomic E-state index is 0.895. The van der Waals surface area contributed by atoms with Crippen LogP contribution in [0.1, 0.15) is 0 Å². The molecule has 0 aliphatic carbocycles. The molecule has 0 spiro atoms. The van der Waals surface area contributed by atoms with Crippen LogP contribution in [0.3, 0.4) is 0 Å². The number of hydrogen-bond donors (Lipinski definition) is 0. The van der Waals surface area contributed by atoms with Crippen LogP contribution in [0.2, 0.25) is 0 Å². The van der Waals surface area contributed by atoms with Crippen molar-refractivity contribution in [2.45, 2.75) is 0 Å². The van der Waals surface area contributed by atoms with E-state index < -0.39 is 8.07 Å². The van der Waals surface area contributed by atoms with Crippen molar-refractivity contribution in [1.82, 2.24) is 23.3 Å². The van der Waals surface area contributed by atoms with Gasteiger partial charge in [-0.05, 0) is 92.5 Å². The Morgan fingerprint density at radius 2 is 0.794 bits per heavy atom. The van der Waals surface area contributed by atoms with E-state index in [2.05, 4.69) is 238 Å². The van der Waals surface area contributed by atoms with Crippen LogP contribution in [0.15, 0.2) is 224 Å². The van der Waals surface area contributed by atoms with Gasteiger partial charge in [-0.2, -0.15) is 0 Å². The Balaban J connectivity index is 1.19. The lowest BCUT2D eigenvalue weighted by Crippen LogP contribution is -2.74. The van der Waals surface area contributed by atoms with E-state index in [0.29, 0.717) is 0 Å². The first-order valence-corrected chi connectivity index (χ1v) is 24.1. The van der Waals surface area contributed by atoms with E-state index in [1.165, 1.54) is 42.6 Å². The highest BCUT2D eigenvalue weighted by Crippen LogP contribution is 2.36. The van der Waals surface area contributed by atoms with E-state index in [0.717, 1.165) is 59.8 Å². The normalized spacial score (nSPS) is 12.1. The molecule has 0 N–H and O–H groups in total. The van der Waals surface area contributed by atoms with E-state index in [1.54, 1.807) is 11.3 Å². The zero-order chi connectivity index (χ0) is 41.5. The summed E-state index contributed by atoms with van der Waals surface area (Å²) in [6, 6.07) is 82.5. The second-order valence-electron chi connectivity index (χ2n) is 16.2. The summed E-state index contributed by atoms with van der Waals surface area (Å²) < 4.78 is 7.11. The van der Waals surface area contributed by atoms with Crippen LogP contribution in [-0.2, 0) is 0 Å². The highest BCUT2D eigenvalue weighted by molar-refractivity contribution is 7.21. The predicted octanol–water partition coefficient (Wildman–Crippen LogP) is 11.2. The number of fused-ring (bicyclic) bond motifs is 12.